The van der Waals surface area contributed by atoms with Gasteiger partial charge in [0, 0.05) is 44.0 Å². The number of hydrogen-bond acceptors (Lipinski definition) is 2. The molecule has 1 saturated heterocycles. The zero-order chi connectivity index (χ0) is 17.1. The third-order valence-corrected chi connectivity index (χ3v) is 5.30. The molecule has 2 heterocycles. The first-order chi connectivity index (χ1) is 11.5. The quantitative estimate of drug-likeness (QED) is 0.868. The minimum Gasteiger partial charge on any atom is -0.354 e. The molecule has 0 bridgehead atoms. The van der Waals surface area contributed by atoms with E-state index in [1.165, 1.54) is 5.69 Å². The Kier molecular flexibility index (Phi) is 5.27. The fraction of sp³-hybridized carbons (Fsp3) is 0.684. The number of nitrogens with one attached hydrogen (secondary N) is 1. The van der Waals surface area contributed by atoms with E-state index in [-0.39, 0.29) is 29.7 Å². The molecule has 2 amide bonds. The first-order valence-electron chi connectivity index (χ1n) is 9.24. The molecule has 1 aromatic heterocycles. The maximum absolute atomic E-state index is 12.5. The molecule has 132 valence electrons. The lowest BCUT2D eigenvalue weighted by Crippen LogP contribution is -2.47. The van der Waals surface area contributed by atoms with Crippen LogP contribution >= 0.6 is 0 Å². The van der Waals surface area contributed by atoms with Crippen molar-refractivity contribution in [2.75, 3.05) is 13.1 Å². The lowest BCUT2D eigenvalue weighted by Gasteiger charge is -2.32. The minimum atomic E-state index is -0.0427. The van der Waals surface area contributed by atoms with Gasteiger partial charge in [0.2, 0.25) is 11.8 Å². The summed E-state index contributed by atoms with van der Waals surface area (Å²) >= 11 is 0. The van der Waals surface area contributed by atoms with E-state index < -0.39 is 0 Å². The normalized spacial score (nSPS) is 22.2. The van der Waals surface area contributed by atoms with E-state index >= 15 is 0 Å². The Morgan fingerprint density at radius 3 is 2.75 bits per heavy atom. The van der Waals surface area contributed by atoms with Gasteiger partial charge in [-0.25, -0.2) is 0 Å². The summed E-state index contributed by atoms with van der Waals surface area (Å²) in [7, 11) is 2.05. The molecule has 24 heavy (non-hydrogen) atoms. The van der Waals surface area contributed by atoms with Crippen LogP contribution in [0.15, 0.2) is 18.3 Å². The number of piperidine rings is 1. The monoisotopic (exact) mass is 331 g/mol. The molecule has 2 aliphatic rings. The van der Waals surface area contributed by atoms with E-state index in [0.717, 1.165) is 45.1 Å². The summed E-state index contributed by atoms with van der Waals surface area (Å²) in [4.78, 5) is 26.7. The van der Waals surface area contributed by atoms with Gasteiger partial charge in [-0.2, -0.15) is 0 Å². The summed E-state index contributed by atoms with van der Waals surface area (Å²) in [6.07, 6.45) is 7.83. The molecule has 0 unspecified atom stereocenters. The summed E-state index contributed by atoms with van der Waals surface area (Å²) in [6, 6.07) is 4.32. The van der Waals surface area contributed by atoms with E-state index in [1.807, 2.05) is 24.2 Å². The van der Waals surface area contributed by atoms with Crippen molar-refractivity contribution in [3.63, 3.8) is 0 Å². The van der Waals surface area contributed by atoms with Gasteiger partial charge in [-0.3, -0.25) is 9.59 Å². The Morgan fingerprint density at radius 1 is 1.29 bits per heavy atom. The standard InChI is InChI=1S/C19H29N3O2/c1-14(7-10-17-6-4-11-21(17)2)20-18(23)16-5-3-12-22(13-16)19(24)15-8-9-15/h4,6,11,14-16H,3,5,7-10,12-13H2,1-2H3,(H,20,23)/t14-,16-/m0/s1. The van der Waals surface area contributed by atoms with Crippen molar-refractivity contribution in [1.82, 2.24) is 14.8 Å². The van der Waals surface area contributed by atoms with Crippen molar-refractivity contribution < 1.29 is 9.59 Å². The highest BCUT2D eigenvalue weighted by Crippen LogP contribution is 2.32. The van der Waals surface area contributed by atoms with E-state index in [4.69, 9.17) is 0 Å². The van der Waals surface area contributed by atoms with Crippen molar-refractivity contribution in [2.45, 2.75) is 51.5 Å². The average molecular weight is 331 g/mol. The molecule has 5 nitrogen and oxygen atoms in total. The fourth-order valence-electron chi connectivity index (χ4n) is 3.53. The number of likely N-dealkylation sites (tertiary alicyclic amines) is 1. The van der Waals surface area contributed by atoms with Crippen LogP contribution < -0.4 is 5.32 Å². The van der Waals surface area contributed by atoms with Crippen LogP contribution in [-0.2, 0) is 23.1 Å². The third-order valence-electron chi connectivity index (χ3n) is 5.30. The second-order valence-corrected chi connectivity index (χ2v) is 7.46. The summed E-state index contributed by atoms with van der Waals surface area (Å²) in [5.74, 6) is 0.585. The highest BCUT2D eigenvalue weighted by Gasteiger charge is 2.36. The predicted octanol–water partition coefficient (Wildman–Crippen LogP) is 2.11. The largest absolute Gasteiger partial charge is 0.354 e. The third kappa shape index (κ3) is 4.19. The van der Waals surface area contributed by atoms with Gasteiger partial charge in [-0.15, -0.1) is 0 Å². The molecule has 1 aliphatic heterocycles. The second kappa shape index (κ2) is 7.41. The van der Waals surface area contributed by atoms with Gasteiger partial charge in [0.05, 0.1) is 5.92 Å². The van der Waals surface area contributed by atoms with Crippen LogP contribution in [0.3, 0.4) is 0 Å². The number of amides is 2. The minimum absolute atomic E-state index is 0.0427. The summed E-state index contributed by atoms with van der Waals surface area (Å²) in [5.41, 5.74) is 1.29. The molecule has 1 N–H and O–H groups in total. The number of nitrogens with zero attached hydrogens (tertiary/aromatic N) is 2. The molecule has 1 saturated carbocycles. The van der Waals surface area contributed by atoms with Gasteiger partial charge in [-0.05, 0) is 57.6 Å². The van der Waals surface area contributed by atoms with Crippen molar-refractivity contribution >= 4 is 11.8 Å². The highest BCUT2D eigenvalue weighted by molar-refractivity contribution is 5.83. The van der Waals surface area contributed by atoms with E-state index in [0.29, 0.717) is 6.54 Å². The summed E-state index contributed by atoms with van der Waals surface area (Å²) in [6.45, 7) is 3.49. The van der Waals surface area contributed by atoms with Crippen LogP contribution in [-0.4, -0.2) is 40.4 Å². The molecule has 2 atom stereocenters. The van der Waals surface area contributed by atoms with Gasteiger partial charge in [-0.1, -0.05) is 0 Å². The number of carbonyl (C=O) groups excluding carboxylic acids is 2. The summed E-state index contributed by atoms with van der Waals surface area (Å²) < 4.78 is 2.12. The smallest absolute Gasteiger partial charge is 0.225 e. The number of aryl methyl sites for hydroxylation is 2. The van der Waals surface area contributed by atoms with Crippen LogP contribution in [0.1, 0.15) is 44.7 Å². The van der Waals surface area contributed by atoms with Crippen molar-refractivity contribution in [3.05, 3.63) is 24.0 Å². The molecular weight excluding hydrogens is 302 g/mol. The Labute approximate surface area is 144 Å². The van der Waals surface area contributed by atoms with Gasteiger partial charge >= 0.3 is 0 Å². The van der Waals surface area contributed by atoms with Crippen LogP contribution in [0, 0.1) is 11.8 Å². The molecule has 0 aromatic carbocycles. The van der Waals surface area contributed by atoms with Crippen LogP contribution in [0.5, 0.6) is 0 Å². The molecule has 2 fully saturated rings. The van der Waals surface area contributed by atoms with E-state index in [1.54, 1.807) is 0 Å². The predicted molar refractivity (Wildman–Crippen MR) is 93.4 cm³/mol. The SMILES string of the molecule is C[C@@H](CCc1cccn1C)NC(=O)[C@H]1CCCN(C(=O)C2CC2)C1. The van der Waals surface area contributed by atoms with Gasteiger partial charge in [0.1, 0.15) is 0 Å². The number of rotatable bonds is 6. The fourth-order valence-corrected chi connectivity index (χ4v) is 3.53. The molecular formula is C19H29N3O2. The van der Waals surface area contributed by atoms with Crippen molar-refractivity contribution in [1.29, 1.82) is 0 Å². The van der Waals surface area contributed by atoms with Crippen LogP contribution in [0.2, 0.25) is 0 Å². The molecule has 0 spiro atoms. The van der Waals surface area contributed by atoms with Crippen molar-refractivity contribution in [3.8, 4) is 0 Å². The lowest BCUT2D eigenvalue weighted by atomic mass is 9.96. The molecule has 1 aliphatic carbocycles. The topological polar surface area (TPSA) is 54.3 Å². The van der Waals surface area contributed by atoms with Crippen LogP contribution in [0.25, 0.3) is 0 Å². The highest BCUT2D eigenvalue weighted by atomic mass is 16.2. The molecule has 1 aromatic rings. The maximum Gasteiger partial charge on any atom is 0.225 e. The lowest BCUT2D eigenvalue weighted by molar-refractivity contribution is -0.137. The second-order valence-electron chi connectivity index (χ2n) is 7.46. The Morgan fingerprint density at radius 2 is 2.08 bits per heavy atom. The van der Waals surface area contributed by atoms with Gasteiger partial charge in [0.25, 0.3) is 0 Å². The number of aromatic nitrogens is 1. The Hall–Kier alpha value is -1.78. The van der Waals surface area contributed by atoms with E-state index in [2.05, 4.69) is 22.9 Å². The zero-order valence-corrected chi connectivity index (χ0v) is 14.8. The first-order valence-corrected chi connectivity index (χ1v) is 9.24. The van der Waals surface area contributed by atoms with Gasteiger partial charge < -0.3 is 14.8 Å². The maximum atomic E-state index is 12.5. The number of carbonyl (C=O) groups is 2. The van der Waals surface area contributed by atoms with Crippen LogP contribution in [0.4, 0.5) is 0 Å². The van der Waals surface area contributed by atoms with E-state index in [9.17, 15) is 9.59 Å². The number of hydrogen-bond donors (Lipinski definition) is 1. The Balaban J connectivity index is 1.45. The summed E-state index contributed by atoms with van der Waals surface area (Å²) in [5, 5.41) is 3.15. The molecule has 3 rings (SSSR count). The van der Waals surface area contributed by atoms with Gasteiger partial charge in [0.15, 0.2) is 0 Å². The Bertz CT molecular complexity index is 591. The molecule has 0 radical (unpaired) electrons. The van der Waals surface area contributed by atoms with Crippen molar-refractivity contribution in [2.24, 2.45) is 18.9 Å². The average Bonchev–Trinajstić information content (AvgIpc) is 3.35. The molecule has 5 heteroatoms. The zero-order valence-electron chi connectivity index (χ0n) is 14.8. The first kappa shape index (κ1) is 17.1.